The number of carbonyl (C=O) groups excluding carboxylic acids is 1. The van der Waals surface area contributed by atoms with Crippen molar-refractivity contribution in [3.05, 3.63) is 30.1 Å². The summed E-state index contributed by atoms with van der Waals surface area (Å²) in [7, 11) is 0. The molecule has 5 heteroatoms. The molecular weight excluding hydrogens is 266 g/mol. The number of amides is 1. The van der Waals surface area contributed by atoms with Crippen molar-refractivity contribution in [1.82, 2.24) is 15.2 Å². The van der Waals surface area contributed by atoms with Crippen LogP contribution in [0, 0.1) is 0 Å². The summed E-state index contributed by atoms with van der Waals surface area (Å²) >= 11 is 0. The molecule has 1 saturated heterocycles. The maximum absolute atomic E-state index is 11.7. The lowest BCUT2D eigenvalue weighted by Crippen LogP contribution is -2.45. The highest BCUT2D eigenvalue weighted by atomic mass is 16.6. The van der Waals surface area contributed by atoms with Crippen LogP contribution in [0.4, 0.5) is 4.79 Å². The van der Waals surface area contributed by atoms with Crippen LogP contribution in [0.25, 0.3) is 0 Å². The number of piperidine rings is 1. The molecule has 2 rings (SSSR count). The van der Waals surface area contributed by atoms with Gasteiger partial charge in [0.2, 0.25) is 0 Å². The molecule has 1 N–H and O–H groups in total. The van der Waals surface area contributed by atoms with Crippen molar-refractivity contribution in [1.29, 1.82) is 0 Å². The molecule has 1 atom stereocenters. The van der Waals surface area contributed by atoms with Gasteiger partial charge in [-0.3, -0.25) is 4.98 Å². The van der Waals surface area contributed by atoms with E-state index >= 15 is 0 Å². The number of likely N-dealkylation sites (tertiary alicyclic amines) is 1. The summed E-state index contributed by atoms with van der Waals surface area (Å²) in [4.78, 5) is 17.6. The van der Waals surface area contributed by atoms with Crippen molar-refractivity contribution in [3.63, 3.8) is 0 Å². The van der Waals surface area contributed by atoms with Crippen molar-refractivity contribution in [3.8, 4) is 0 Å². The molecule has 0 aliphatic carbocycles. The molecule has 116 valence electrons. The number of hydrogen-bond donors (Lipinski definition) is 1. The lowest BCUT2D eigenvalue weighted by atomic mass is 10.00. The summed E-state index contributed by atoms with van der Waals surface area (Å²) < 4.78 is 5.05. The highest BCUT2D eigenvalue weighted by molar-refractivity contribution is 5.67. The quantitative estimate of drug-likeness (QED) is 0.906. The molecule has 0 aromatic carbocycles. The van der Waals surface area contributed by atoms with Gasteiger partial charge in [-0.15, -0.1) is 0 Å². The number of nitrogens with zero attached hydrogens (tertiary/aromatic N) is 2. The molecule has 1 aromatic rings. The minimum absolute atomic E-state index is 0.183. The van der Waals surface area contributed by atoms with Crippen LogP contribution in [0.3, 0.4) is 0 Å². The molecule has 1 amide bonds. The molecular formula is C16H25N3O2. The van der Waals surface area contributed by atoms with Gasteiger partial charge < -0.3 is 15.0 Å². The van der Waals surface area contributed by atoms with Crippen molar-refractivity contribution in [2.75, 3.05) is 19.7 Å². The first-order valence-corrected chi connectivity index (χ1v) is 7.82. The Morgan fingerprint density at radius 3 is 2.62 bits per heavy atom. The third kappa shape index (κ3) is 4.43. The van der Waals surface area contributed by atoms with Crippen molar-refractivity contribution < 1.29 is 9.53 Å². The zero-order valence-corrected chi connectivity index (χ0v) is 12.9. The van der Waals surface area contributed by atoms with Crippen LogP contribution in [0.15, 0.2) is 24.5 Å². The van der Waals surface area contributed by atoms with Gasteiger partial charge in [-0.25, -0.2) is 4.79 Å². The number of pyridine rings is 1. The van der Waals surface area contributed by atoms with E-state index in [2.05, 4.69) is 29.4 Å². The van der Waals surface area contributed by atoms with Gasteiger partial charge in [0.15, 0.2) is 0 Å². The first-order valence-electron chi connectivity index (χ1n) is 7.82. The van der Waals surface area contributed by atoms with Gasteiger partial charge in [-0.1, -0.05) is 6.92 Å². The summed E-state index contributed by atoms with van der Waals surface area (Å²) in [5.41, 5.74) is 1.28. The monoisotopic (exact) mass is 291 g/mol. The second-order valence-electron chi connectivity index (χ2n) is 5.37. The zero-order valence-electron chi connectivity index (χ0n) is 12.9. The van der Waals surface area contributed by atoms with Gasteiger partial charge in [0.25, 0.3) is 0 Å². The number of carbonyl (C=O) groups is 1. The van der Waals surface area contributed by atoms with E-state index in [0.29, 0.717) is 18.7 Å². The fraction of sp³-hybridized carbons (Fsp3) is 0.625. The van der Waals surface area contributed by atoms with Crippen LogP contribution < -0.4 is 5.32 Å². The van der Waals surface area contributed by atoms with Gasteiger partial charge in [0, 0.05) is 37.6 Å². The second kappa shape index (κ2) is 7.98. The van der Waals surface area contributed by atoms with Crippen LogP contribution >= 0.6 is 0 Å². The summed E-state index contributed by atoms with van der Waals surface area (Å²) in [6, 6.07) is 4.94. The van der Waals surface area contributed by atoms with Crippen LogP contribution in [0.2, 0.25) is 0 Å². The molecule has 1 aliphatic rings. The van der Waals surface area contributed by atoms with Gasteiger partial charge in [0.05, 0.1) is 6.61 Å². The average Bonchev–Trinajstić information content (AvgIpc) is 2.54. The Morgan fingerprint density at radius 1 is 1.38 bits per heavy atom. The highest BCUT2D eigenvalue weighted by Crippen LogP contribution is 2.20. The number of nitrogens with one attached hydrogen (secondary N) is 1. The molecule has 0 radical (unpaired) electrons. The van der Waals surface area contributed by atoms with E-state index in [4.69, 9.17) is 4.74 Å². The first-order chi connectivity index (χ1) is 10.2. The second-order valence-corrected chi connectivity index (χ2v) is 5.37. The van der Waals surface area contributed by atoms with E-state index in [0.717, 1.165) is 32.4 Å². The van der Waals surface area contributed by atoms with E-state index in [1.54, 1.807) is 4.90 Å². The smallest absolute Gasteiger partial charge is 0.409 e. The van der Waals surface area contributed by atoms with Crippen LogP contribution in [-0.2, 0) is 4.74 Å². The lowest BCUT2D eigenvalue weighted by Gasteiger charge is -2.34. The minimum Gasteiger partial charge on any atom is -0.450 e. The van der Waals surface area contributed by atoms with Crippen molar-refractivity contribution >= 4 is 6.09 Å². The van der Waals surface area contributed by atoms with E-state index in [9.17, 15) is 4.79 Å². The Labute approximate surface area is 126 Å². The van der Waals surface area contributed by atoms with Crippen LogP contribution in [0.1, 0.15) is 44.7 Å². The molecule has 2 heterocycles. The number of hydrogen-bond acceptors (Lipinski definition) is 4. The Kier molecular flexibility index (Phi) is 5.99. The summed E-state index contributed by atoms with van der Waals surface area (Å²) in [6.45, 7) is 6.00. The Bertz CT molecular complexity index is 430. The molecule has 0 saturated carbocycles. The predicted molar refractivity (Wildman–Crippen MR) is 82.0 cm³/mol. The summed E-state index contributed by atoms with van der Waals surface area (Å²) in [6.07, 6.45) is 6.48. The third-order valence-corrected chi connectivity index (χ3v) is 3.97. The van der Waals surface area contributed by atoms with Gasteiger partial charge in [0.1, 0.15) is 0 Å². The van der Waals surface area contributed by atoms with Crippen LogP contribution in [0.5, 0.6) is 0 Å². The molecule has 1 aliphatic heterocycles. The standard InChI is InChI=1S/C16H25N3O2/c1-3-15(13-5-9-17-10-6-13)18-14-7-11-19(12-8-14)16(20)21-4-2/h5-6,9-10,14-15,18H,3-4,7-8,11-12H2,1-2H3/t15-/m0/s1. The van der Waals surface area contributed by atoms with Gasteiger partial charge in [-0.05, 0) is 43.9 Å². The fourth-order valence-electron chi connectivity index (χ4n) is 2.77. The van der Waals surface area contributed by atoms with Crippen molar-refractivity contribution in [2.45, 2.75) is 45.2 Å². The number of ether oxygens (including phenoxy) is 1. The number of rotatable bonds is 5. The maximum Gasteiger partial charge on any atom is 0.409 e. The molecule has 0 spiro atoms. The van der Waals surface area contributed by atoms with E-state index in [-0.39, 0.29) is 6.09 Å². The average molecular weight is 291 g/mol. The molecule has 0 unspecified atom stereocenters. The van der Waals surface area contributed by atoms with E-state index < -0.39 is 0 Å². The Morgan fingerprint density at radius 2 is 2.05 bits per heavy atom. The predicted octanol–water partition coefficient (Wildman–Crippen LogP) is 2.74. The fourth-order valence-corrected chi connectivity index (χ4v) is 2.77. The number of aromatic nitrogens is 1. The molecule has 1 aromatic heterocycles. The first kappa shape index (κ1) is 15.8. The van der Waals surface area contributed by atoms with E-state index in [1.807, 2.05) is 19.3 Å². The highest BCUT2D eigenvalue weighted by Gasteiger charge is 2.25. The minimum atomic E-state index is -0.183. The Balaban J connectivity index is 1.83. The van der Waals surface area contributed by atoms with Crippen LogP contribution in [-0.4, -0.2) is 41.7 Å². The molecule has 21 heavy (non-hydrogen) atoms. The summed E-state index contributed by atoms with van der Waals surface area (Å²) in [5, 5.41) is 3.71. The summed E-state index contributed by atoms with van der Waals surface area (Å²) in [5.74, 6) is 0. The molecule has 1 fully saturated rings. The normalized spacial score (nSPS) is 17.5. The lowest BCUT2D eigenvalue weighted by molar-refractivity contribution is 0.0941. The van der Waals surface area contributed by atoms with E-state index in [1.165, 1.54) is 5.56 Å². The Hall–Kier alpha value is -1.62. The molecule has 5 nitrogen and oxygen atoms in total. The third-order valence-electron chi connectivity index (χ3n) is 3.97. The van der Waals surface area contributed by atoms with Crippen molar-refractivity contribution in [2.24, 2.45) is 0 Å². The SMILES string of the molecule is CCOC(=O)N1CCC(N[C@@H](CC)c2ccncc2)CC1. The molecule has 0 bridgehead atoms. The van der Waals surface area contributed by atoms with Gasteiger partial charge >= 0.3 is 6.09 Å². The largest absolute Gasteiger partial charge is 0.450 e. The van der Waals surface area contributed by atoms with Gasteiger partial charge in [-0.2, -0.15) is 0 Å². The topological polar surface area (TPSA) is 54.5 Å². The maximum atomic E-state index is 11.7. The zero-order chi connectivity index (χ0) is 15.1.